The Morgan fingerprint density at radius 2 is 1.85 bits per heavy atom. The van der Waals surface area contributed by atoms with Gasteiger partial charge in [0.25, 0.3) is 5.91 Å². The molecule has 0 atom stereocenters. The van der Waals surface area contributed by atoms with Gasteiger partial charge in [-0.05, 0) is 18.6 Å². The standard InChI is InChI=1S/C12H11ClF5NO/c1-7-4-8(10(15)5-9(7)14)11(20)19(3-2-13)6-12(16,17)18/h4-5H,2-3,6H2,1H3. The molecule has 1 amide bonds. The molecule has 0 radical (unpaired) electrons. The summed E-state index contributed by atoms with van der Waals surface area (Å²) < 4.78 is 63.7. The van der Waals surface area contributed by atoms with E-state index in [4.69, 9.17) is 11.6 Å². The van der Waals surface area contributed by atoms with Crippen molar-refractivity contribution in [3.05, 3.63) is 34.9 Å². The first-order valence-corrected chi connectivity index (χ1v) is 6.07. The maximum Gasteiger partial charge on any atom is 0.406 e. The minimum atomic E-state index is -4.63. The van der Waals surface area contributed by atoms with E-state index in [1.165, 1.54) is 6.92 Å². The Morgan fingerprint density at radius 3 is 2.35 bits per heavy atom. The maximum absolute atomic E-state index is 13.5. The molecule has 0 unspecified atom stereocenters. The molecular formula is C12H11ClF5NO. The number of hydrogen-bond acceptors (Lipinski definition) is 1. The van der Waals surface area contributed by atoms with Crippen LogP contribution in [0.5, 0.6) is 0 Å². The van der Waals surface area contributed by atoms with E-state index in [2.05, 4.69) is 0 Å². The molecule has 0 fully saturated rings. The molecule has 2 nitrogen and oxygen atoms in total. The van der Waals surface area contributed by atoms with Gasteiger partial charge in [0.2, 0.25) is 0 Å². The van der Waals surface area contributed by atoms with Crippen LogP contribution in [0.15, 0.2) is 12.1 Å². The lowest BCUT2D eigenvalue weighted by molar-refractivity contribution is -0.140. The van der Waals surface area contributed by atoms with Crippen LogP contribution in [0, 0.1) is 18.6 Å². The second kappa shape index (κ2) is 6.39. The van der Waals surface area contributed by atoms with Crippen LogP contribution in [0.3, 0.4) is 0 Å². The molecular weight excluding hydrogens is 305 g/mol. The number of rotatable bonds is 4. The van der Waals surface area contributed by atoms with Crippen LogP contribution in [-0.4, -0.2) is 36.0 Å². The maximum atomic E-state index is 13.5. The molecule has 8 heteroatoms. The Labute approximate surface area is 117 Å². The molecule has 1 rings (SSSR count). The number of nitrogens with zero attached hydrogens (tertiary/aromatic N) is 1. The third-order valence-corrected chi connectivity index (χ3v) is 2.66. The molecule has 1 aromatic carbocycles. The van der Waals surface area contributed by atoms with Gasteiger partial charge in [0.05, 0.1) is 5.56 Å². The minimum absolute atomic E-state index is 0.0346. The second-order valence-electron chi connectivity index (χ2n) is 4.11. The van der Waals surface area contributed by atoms with E-state index in [-0.39, 0.29) is 11.4 Å². The number of carbonyl (C=O) groups is 1. The van der Waals surface area contributed by atoms with Crippen molar-refractivity contribution in [3.63, 3.8) is 0 Å². The highest BCUT2D eigenvalue weighted by Crippen LogP contribution is 2.20. The summed E-state index contributed by atoms with van der Waals surface area (Å²) in [7, 11) is 0. The number of halogens is 6. The second-order valence-corrected chi connectivity index (χ2v) is 4.49. The molecule has 0 heterocycles. The van der Waals surface area contributed by atoms with Gasteiger partial charge >= 0.3 is 6.18 Å². The largest absolute Gasteiger partial charge is 0.406 e. The van der Waals surface area contributed by atoms with Gasteiger partial charge in [-0.1, -0.05) is 0 Å². The molecule has 0 aliphatic rings. The van der Waals surface area contributed by atoms with E-state index in [1.54, 1.807) is 0 Å². The Bertz CT molecular complexity index is 503. The fourth-order valence-corrected chi connectivity index (χ4v) is 1.77. The molecule has 0 aliphatic heterocycles. The molecule has 0 saturated carbocycles. The van der Waals surface area contributed by atoms with Crippen LogP contribution in [-0.2, 0) is 0 Å². The highest BCUT2D eigenvalue weighted by Gasteiger charge is 2.34. The number of amides is 1. The number of aryl methyl sites for hydroxylation is 1. The molecule has 1 aromatic rings. The lowest BCUT2D eigenvalue weighted by atomic mass is 10.1. The fraction of sp³-hybridized carbons (Fsp3) is 0.417. The molecule has 0 bridgehead atoms. The van der Waals surface area contributed by atoms with Gasteiger partial charge in [-0.15, -0.1) is 11.6 Å². The van der Waals surface area contributed by atoms with E-state index in [9.17, 15) is 26.7 Å². The molecule has 0 saturated heterocycles. The summed E-state index contributed by atoms with van der Waals surface area (Å²) in [6.07, 6.45) is -4.63. The van der Waals surface area contributed by atoms with Gasteiger partial charge in [-0.3, -0.25) is 4.79 Å². The van der Waals surface area contributed by atoms with Gasteiger partial charge in [-0.25, -0.2) is 8.78 Å². The monoisotopic (exact) mass is 315 g/mol. The van der Waals surface area contributed by atoms with Crippen LogP contribution in [0.4, 0.5) is 22.0 Å². The minimum Gasteiger partial charge on any atom is -0.328 e. The summed E-state index contributed by atoms with van der Waals surface area (Å²) >= 11 is 5.34. The number of carbonyl (C=O) groups excluding carboxylic acids is 1. The smallest absolute Gasteiger partial charge is 0.328 e. The molecule has 0 N–H and O–H groups in total. The van der Waals surface area contributed by atoms with Crippen molar-refractivity contribution in [2.75, 3.05) is 19.0 Å². The van der Waals surface area contributed by atoms with Gasteiger partial charge in [0.1, 0.15) is 18.2 Å². The Balaban J connectivity index is 3.09. The first-order chi connectivity index (χ1) is 9.15. The molecule has 0 aliphatic carbocycles. The fourth-order valence-electron chi connectivity index (χ4n) is 1.56. The lowest BCUT2D eigenvalue weighted by Crippen LogP contribution is -2.40. The van der Waals surface area contributed by atoms with Gasteiger partial charge < -0.3 is 4.90 Å². The number of hydrogen-bond donors (Lipinski definition) is 0. The SMILES string of the molecule is Cc1cc(C(=O)N(CCCl)CC(F)(F)F)c(F)cc1F. The third kappa shape index (κ3) is 4.33. The average Bonchev–Trinajstić information content (AvgIpc) is 2.31. The highest BCUT2D eigenvalue weighted by atomic mass is 35.5. The summed E-state index contributed by atoms with van der Waals surface area (Å²) in [4.78, 5) is 12.3. The quantitative estimate of drug-likeness (QED) is 0.615. The third-order valence-electron chi connectivity index (χ3n) is 2.49. The Kier molecular flexibility index (Phi) is 5.33. The van der Waals surface area contributed by atoms with Gasteiger partial charge in [0.15, 0.2) is 0 Å². The first kappa shape index (κ1) is 16.7. The highest BCUT2D eigenvalue weighted by molar-refractivity contribution is 6.18. The average molecular weight is 316 g/mol. The van der Waals surface area contributed by atoms with Crippen molar-refractivity contribution >= 4 is 17.5 Å². The van der Waals surface area contributed by atoms with Crippen LogP contribution in [0.25, 0.3) is 0 Å². The predicted molar refractivity (Wildman–Crippen MR) is 63.8 cm³/mol. The van der Waals surface area contributed by atoms with Crippen molar-refractivity contribution in [1.82, 2.24) is 4.90 Å². The summed E-state index contributed by atoms with van der Waals surface area (Å²) in [5.74, 6) is -3.49. The van der Waals surface area contributed by atoms with Crippen LogP contribution >= 0.6 is 11.6 Å². The van der Waals surface area contributed by atoms with Gasteiger partial charge in [-0.2, -0.15) is 13.2 Å². The Hall–Kier alpha value is -1.37. The molecule has 112 valence electrons. The van der Waals surface area contributed by atoms with Crippen LogP contribution < -0.4 is 0 Å². The molecule has 20 heavy (non-hydrogen) atoms. The zero-order valence-electron chi connectivity index (χ0n) is 10.4. The van der Waals surface area contributed by atoms with E-state index < -0.39 is 42.4 Å². The van der Waals surface area contributed by atoms with Crippen molar-refractivity contribution in [2.45, 2.75) is 13.1 Å². The van der Waals surface area contributed by atoms with Crippen molar-refractivity contribution < 1.29 is 26.7 Å². The topological polar surface area (TPSA) is 20.3 Å². The van der Waals surface area contributed by atoms with Crippen molar-refractivity contribution in [1.29, 1.82) is 0 Å². The van der Waals surface area contributed by atoms with Gasteiger partial charge in [0, 0.05) is 18.5 Å². The lowest BCUT2D eigenvalue weighted by Gasteiger charge is -2.23. The zero-order valence-corrected chi connectivity index (χ0v) is 11.2. The summed E-state index contributed by atoms with van der Waals surface area (Å²) in [5.41, 5.74) is -0.647. The predicted octanol–water partition coefficient (Wildman–Crippen LogP) is 3.52. The molecule has 0 aromatic heterocycles. The zero-order chi connectivity index (χ0) is 15.5. The van der Waals surface area contributed by atoms with E-state index in [0.29, 0.717) is 11.0 Å². The van der Waals surface area contributed by atoms with Crippen LogP contribution in [0.1, 0.15) is 15.9 Å². The van der Waals surface area contributed by atoms with E-state index in [0.717, 1.165) is 6.07 Å². The number of alkyl halides is 4. The summed E-state index contributed by atoms with van der Waals surface area (Å²) in [5, 5.41) is 0. The Morgan fingerprint density at radius 1 is 1.25 bits per heavy atom. The van der Waals surface area contributed by atoms with Crippen molar-refractivity contribution in [3.8, 4) is 0 Å². The molecule has 0 spiro atoms. The van der Waals surface area contributed by atoms with Crippen LogP contribution in [0.2, 0.25) is 0 Å². The normalized spacial score (nSPS) is 11.6. The summed E-state index contributed by atoms with van der Waals surface area (Å²) in [6.45, 7) is -0.661. The number of benzene rings is 1. The first-order valence-electron chi connectivity index (χ1n) is 5.53. The van der Waals surface area contributed by atoms with E-state index in [1.807, 2.05) is 0 Å². The van der Waals surface area contributed by atoms with E-state index >= 15 is 0 Å². The summed E-state index contributed by atoms with van der Waals surface area (Å²) in [6, 6.07) is 1.35. The van der Waals surface area contributed by atoms with Crippen molar-refractivity contribution in [2.24, 2.45) is 0 Å².